The summed E-state index contributed by atoms with van der Waals surface area (Å²) in [4.78, 5) is 2.70. The van der Waals surface area contributed by atoms with Gasteiger partial charge >= 0.3 is 0 Å². The fraction of sp³-hybridized carbons (Fsp3) is 1.00. The Labute approximate surface area is 155 Å². The lowest BCUT2D eigenvalue weighted by molar-refractivity contribution is 0.0780. The van der Waals surface area contributed by atoms with Gasteiger partial charge in [0.1, 0.15) is 11.7 Å². The summed E-state index contributed by atoms with van der Waals surface area (Å²) in [5.74, 6) is 0.738. The van der Waals surface area contributed by atoms with E-state index in [9.17, 15) is 0 Å². The molecule has 5 N–H and O–H groups in total. The Morgan fingerprint density at radius 1 is 1.08 bits per heavy atom. The number of rotatable bonds is 3. The molecule has 7 nitrogen and oxygen atoms in total. The average Bonchev–Trinajstić information content (AvgIpc) is 3.30. The van der Waals surface area contributed by atoms with Crippen LogP contribution in [-0.2, 0) is 0 Å². The van der Waals surface area contributed by atoms with Gasteiger partial charge in [-0.05, 0) is 45.1 Å². The molecule has 0 spiro atoms. The van der Waals surface area contributed by atoms with Gasteiger partial charge in [-0.3, -0.25) is 10.2 Å². The predicted molar refractivity (Wildman–Crippen MR) is 101 cm³/mol. The Balaban J connectivity index is 1.22. The van der Waals surface area contributed by atoms with Gasteiger partial charge in [0.2, 0.25) is 0 Å². The molecule has 0 aromatic carbocycles. The Kier molecular flexibility index (Phi) is 4.98. The molecule has 0 aromatic heterocycles. The topological polar surface area (TPSA) is 66.6 Å². The van der Waals surface area contributed by atoms with Gasteiger partial charge in [0, 0.05) is 25.2 Å². The summed E-state index contributed by atoms with van der Waals surface area (Å²) in [6.45, 7) is 5.74. The third-order valence-electron chi connectivity index (χ3n) is 6.77. The molecule has 0 bridgehead atoms. The van der Waals surface area contributed by atoms with Crippen LogP contribution in [0.15, 0.2) is 0 Å². The minimum absolute atomic E-state index is 0.337. The van der Waals surface area contributed by atoms with Crippen LogP contribution in [0, 0.1) is 5.92 Å². The molecule has 142 valence electrons. The lowest BCUT2D eigenvalue weighted by Crippen LogP contribution is -2.55. The fourth-order valence-corrected chi connectivity index (χ4v) is 6.81. The molecule has 1 saturated carbocycles. The molecular weight excluding hydrogens is 334 g/mol. The number of hydrazine groups is 2. The first kappa shape index (κ1) is 17.2. The first-order valence-corrected chi connectivity index (χ1v) is 11.2. The number of thioether (sulfide) groups is 1. The molecule has 25 heavy (non-hydrogen) atoms. The van der Waals surface area contributed by atoms with E-state index >= 15 is 0 Å². The van der Waals surface area contributed by atoms with Crippen LogP contribution < -0.4 is 26.9 Å². The molecule has 5 aliphatic rings. The fourth-order valence-electron chi connectivity index (χ4n) is 5.42. The van der Waals surface area contributed by atoms with Crippen LogP contribution >= 0.6 is 11.8 Å². The lowest BCUT2D eigenvalue weighted by atomic mass is 9.91. The highest BCUT2D eigenvalue weighted by Gasteiger charge is 2.47. The molecule has 5 rings (SSSR count). The Bertz CT molecular complexity index is 474. The number of fused-ring (bicyclic) bond motifs is 2. The molecular formula is C17H33N7S. The SMILES string of the molecule is CC1NC2CCCCC2N1CC1NNC2SC(C3CCCNC3)NN12. The zero-order valence-electron chi connectivity index (χ0n) is 15.2. The van der Waals surface area contributed by atoms with Crippen LogP contribution in [0.2, 0.25) is 0 Å². The largest absolute Gasteiger partial charge is 0.316 e. The summed E-state index contributed by atoms with van der Waals surface area (Å²) in [6.07, 6.45) is 8.95. The second-order valence-electron chi connectivity index (χ2n) is 8.35. The van der Waals surface area contributed by atoms with Crippen molar-refractivity contribution in [1.82, 2.24) is 36.8 Å². The van der Waals surface area contributed by atoms with E-state index in [0.717, 1.165) is 25.0 Å². The first-order chi connectivity index (χ1) is 12.3. The van der Waals surface area contributed by atoms with Crippen LogP contribution in [0.4, 0.5) is 0 Å². The minimum Gasteiger partial charge on any atom is -0.316 e. The van der Waals surface area contributed by atoms with Gasteiger partial charge < -0.3 is 5.32 Å². The number of nitrogens with zero attached hydrogens (tertiary/aromatic N) is 2. The molecule has 5 fully saturated rings. The van der Waals surface area contributed by atoms with Crippen LogP contribution in [-0.4, -0.2) is 64.8 Å². The number of hydrogen-bond acceptors (Lipinski definition) is 8. The Morgan fingerprint density at radius 3 is 2.88 bits per heavy atom. The van der Waals surface area contributed by atoms with Crippen molar-refractivity contribution in [2.24, 2.45) is 5.92 Å². The van der Waals surface area contributed by atoms with Crippen molar-refractivity contribution in [2.75, 3.05) is 19.6 Å². The highest BCUT2D eigenvalue weighted by molar-refractivity contribution is 8.00. The van der Waals surface area contributed by atoms with E-state index in [0.29, 0.717) is 29.2 Å². The van der Waals surface area contributed by atoms with E-state index < -0.39 is 0 Å². The number of hydrogen-bond donors (Lipinski definition) is 5. The molecule has 8 heteroatoms. The van der Waals surface area contributed by atoms with E-state index in [-0.39, 0.29) is 0 Å². The zero-order valence-corrected chi connectivity index (χ0v) is 16.0. The number of nitrogens with one attached hydrogen (secondary N) is 5. The average molecular weight is 368 g/mol. The molecule has 7 atom stereocenters. The molecule has 0 aromatic rings. The van der Waals surface area contributed by atoms with Gasteiger partial charge in [-0.15, -0.1) is 11.8 Å². The molecule has 4 aliphatic heterocycles. The molecule has 4 saturated heterocycles. The third-order valence-corrected chi connectivity index (χ3v) is 8.16. The summed E-state index contributed by atoms with van der Waals surface area (Å²) < 4.78 is 0. The van der Waals surface area contributed by atoms with Gasteiger partial charge in [-0.2, -0.15) is 5.01 Å². The second kappa shape index (κ2) is 7.24. The number of piperidine rings is 1. The summed E-state index contributed by atoms with van der Waals surface area (Å²) in [7, 11) is 0. The van der Waals surface area contributed by atoms with Gasteiger partial charge in [0.05, 0.1) is 11.5 Å². The third kappa shape index (κ3) is 3.25. The van der Waals surface area contributed by atoms with Crippen LogP contribution in [0.5, 0.6) is 0 Å². The quantitative estimate of drug-likeness (QED) is 0.483. The standard InChI is InChI=1S/C17H33N7S/c1-11-19-13-6-2-3-7-14(13)23(11)10-15-20-21-17-24(15)22-16(25-17)12-5-4-8-18-9-12/h11-22H,2-10H2,1H3. The summed E-state index contributed by atoms with van der Waals surface area (Å²) >= 11 is 2.04. The Morgan fingerprint density at radius 2 is 2.00 bits per heavy atom. The van der Waals surface area contributed by atoms with E-state index in [2.05, 4.69) is 43.7 Å². The second-order valence-corrected chi connectivity index (χ2v) is 9.58. The first-order valence-electron chi connectivity index (χ1n) is 10.2. The van der Waals surface area contributed by atoms with Gasteiger partial charge in [0.15, 0.2) is 0 Å². The van der Waals surface area contributed by atoms with Crippen molar-refractivity contribution in [3.8, 4) is 0 Å². The van der Waals surface area contributed by atoms with Gasteiger partial charge in [-0.1, -0.05) is 12.8 Å². The van der Waals surface area contributed by atoms with Gasteiger partial charge in [-0.25, -0.2) is 16.3 Å². The van der Waals surface area contributed by atoms with Crippen molar-refractivity contribution in [2.45, 2.75) is 80.7 Å². The lowest BCUT2D eigenvalue weighted by Gasteiger charge is -2.35. The van der Waals surface area contributed by atoms with E-state index in [1.807, 2.05) is 11.8 Å². The van der Waals surface area contributed by atoms with Crippen LogP contribution in [0.25, 0.3) is 0 Å². The zero-order chi connectivity index (χ0) is 16.8. The summed E-state index contributed by atoms with van der Waals surface area (Å²) in [5.41, 5.74) is 11.2. The van der Waals surface area contributed by atoms with Crippen LogP contribution in [0.1, 0.15) is 45.4 Å². The van der Waals surface area contributed by atoms with Crippen molar-refractivity contribution >= 4 is 11.8 Å². The molecule has 4 heterocycles. The summed E-state index contributed by atoms with van der Waals surface area (Å²) in [5, 5.41) is 10.4. The van der Waals surface area contributed by atoms with Crippen molar-refractivity contribution < 1.29 is 0 Å². The van der Waals surface area contributed by atoms with E-state index in [1.54, 1.807) is 0 Å². The van der Waals surface area contributed by atoms with Gasteiger partial charge in [0.25, 0.3) is 0 Å². The maximum absolute atomic E-state index is 3.83. The minimum atomic E-state index is 0.337. The van der Waals surface area contributed by atoms with Crippen molar-refractivity contribution in [3.05, 3.63) is 0 Å². The van der Waals surface area contributed by atoms with Crippen LogP contribution in [0.3, 0.4) is 0 Å². The molecule has 0 radical (unpaired) electrons. The smallest absolute Gasteiger partial charge is 0.136 e. The molecule has 1 aliphatic carbocycles. The normalized spacial score (nSPS) is 48.6. The highest BCUT2D eigenvalue weighted by Crippen LogP contribution is 2.36. The van der Waals surface area contributed by atoms with Crippen molar-refractivity contribution in [3.63, 3.8) is 0 Å². The van der Waals surface area contributed by atoms with E-state index in [4.69, 9.17) is 0 Å². The maximum Gasteiger partial charge on any atom is 0.136 e. The predicted octanol–water partition coefficient (Wildman–Crippen LogP) is 0.145. The highest BCUT2D eigenvalue weighted by atomic mass is 32.2. The maximum atomic E-state index is 3.83. The van der Waals surface area contributed by atoms with E-state index in [1.165, 1.54) is 45.1 Å². The Hall–Kier alpha value is 0.0700. The summed E-state index contributed by atoms with van der Waals surface area (Å²) in [6, 6.07) is 1.43. The monoisotopic (exact) mass is 367 g/mol. The van der Waals surface area contributed by atoms with Crippen molar-refractivity contribution in [1.29, 1.82) is 0 Å². The molecule has 0 amide bonds. The molecule has 7 unspecified atom stereocenters.